The number of nitro benzene ring substituents is 1. The van der Waals surface area contributed by atoms with Crippen molar-refractivity contribution in [2.75, 3.05) is 11.9 Å². The fourth-order valence-corrected chi connectivity index (χ4v) is 2.11. The lowest BCUT2D eigenvalue weighted by Gasteiger charge is -2.34. The van der Waals surface area contributed by atoms with Gasteiger partial charge in [-0.3, -0.25) is 19.7 Å². The van der Waals surface area contributed by atoms with Crippen LogP contribution >= 0.6 is 11.6 Å². The molecule has 7 nitrogen and oxygen atoms in total. The minimum atomic E-state index is -0.890. The van der Waals surface area contributed by atoms with Crippen LogP contribution in [-0.2, 0) is 9.59 Å². The lowest BCUT2D eigenvalue weighted by Crippen LogP contribution is -2.49. The van der Waals surface area contributed by atoms with E-state index in [1.54, 1.807) is 6.92 Å². The number of non-ortho nitro benzene ring substituents is 1. The van der Waals surface area contributed by atoms with E-state index < -0.39 is 22.3 Å². The zero-order valence-electron chi connectivity index (χ0n) is 12.8. The standard InChI is InChI=1S/C14H18ClN3O4/c1-5-17(14(2,3)4)13(20)12(19)16-11-8-9(18(21)22)6-7-10(11)15/h6-8H,5H2,1-4H3,(H,16,19). The molecule has 1 rings (SSSR count). The second-order valence-electron chi connectivity index (χ2n) is 5.60. The molecule has 0 fully saturated rings. The number of nitro groups is 1. The zero-order valence-corrected chi connectivity index (χ0v) is 13.6. The van der Waals surface area contributed by atoms with Crippen LogP contribution in [0, 0.1) is 10.1 Å². The van der Waals surface area contributed by atoms with Crippen molar-refractivity contribution in [3.63, 3.8) is 0 Å². The Hall–Kier alpha value is -2.15. The van der Waals surface area contributed by atoms with E-state index in [2.05, 4.69) is 5.32 Å². The molecule has 0 radical (unpaired) electrons. The Kier molecular flexibility index (Phi) is 5.48. The summed E-state index contributed by atoms with van der Waals surface area (Å²) in [6, 6.07) is 3.62. The van der Waals surface area contributed by atoms with Gasteiger partial charge in [-0.05, 0) is 33.8 Å². The monoisotopic (exact) mass is 327 g/mol. The van der Waals surface area contributed by atoms with Crippen molar-refractivity contribution in [1.29, 1.82) is 0 Å². The number of nitrogens with one attached hydrogen (secondary N) is 1. The van der Waals surface area contributed by atoms with Gasteiger partial charge in [0, 0.05) is 24.2 Å². The Morgan fingerprint density at radius 2 is 1.95 bits per heavy atom. The number of nitrogens with zero attached hydrogens (tertiary/aromatic N) is 2. The third kappa shape index (κ3) is 4.17. The molecule has 0 heterocycles. The topological polar surface area (TPSA) is 92.6 Å². The summed E-state index contributed by atoms with van der Waals surface area (Å²) < 4.78 is 0. The number of carbonyl (C=O) groups is 2. The maximum Gasteiger partial charge on any atom is 0.313 e. The first-order valence-electron chi connectivity index (χ1n) is 6.64. The fourth-order valence-electron chi connectivity index (χ4n) is 1.94. The quantitative estimate of drug-likeness (QED) is 0.525. The molecule has 0 saturated heterocycles. The number of hydrogen-bond acceptors (Lipinski definition) is 4. The van der Waals surface area contributed by atoms with Crippen molar-refractivity contribution in [1.82, 2.24) is 4.90 Å². The molecular weight excluding hydrogens is 310 g/mol. The van der Waals surface area contributed by atoms with Crippen molar-refractivity contribution in [2.24, 2.45) is 0 Å². The first-order valence-corrected chi connectivity index (χ1v) is 7.02. The molecule has 1 N–H and O–H groups in total. The van der Waals surface area contributed by atoms with Gasteiger partial charge in [0.2, 0.25) is 0 Å². The Morgan fingerprint density at radius 1 is 1.36 bits per heavy atom. The predicted molar refractivity (Wildman–Crippen MR) is 83.9 cm³/mol. The Bertz CT molecular complexity index is 611. The minimum absolute atomic E-state index is 0.0270. The third-order valence-corrected chi connectivity index (χ3v) is 3.30. The number of rotatable bonds is 3. The van der Waals surface area contributed by atoms with Crippen LogP contribution in [0.5, 0.6) is 0 Å². The highest BCUT2D eigenvalue weighted by Crippen LogP contribution is 2.27. The summed E-state index contributed by atoms with van der Waals surface area (Å²) in [7, 11) is 0. The molecule has 0 aliphatic heterocycles. The van der Waals surface area contributed by atoms with E-state index in [0.717, 1.165) is 6.07 Å². The van der Waals surface area contributed by atoms with Crippen LogP contribution in [0.25, 0.3) is 0 Å². The van der Waals surface area contributed by atoms with Gasteiger partial charge in [0.05, 0.1) is 15.6 Å². The maximum absolute atomic E-state index is 12.2. The number of benzene rings is 1. The molecule has 1 aromatic rings. The number of likely N-dealkylation sites (N-methyl/N-ethyl adjacent to an activating group) is 1. The molecule has 22 heavy (non-hydrogen) atoms. The van der Waals surface area contributed by atoms with Gasteiger partial charge in [-0.15, -0.1) is 0 Å². The summed E-state index contributed by atoms with van der Waals surface area (Å²) in [6.07, 6.45) is 0. The summed E-state index contributed by atoms with van der Waals surface area (Å²) in [4.78, 5) is 35.8. The van der Waals surface area contributed by atoms with E-state index in [1.165, 1.54) is 17.0 Å². The maximum atomic E-state index is 12.2. The van der Waals surface area contributed by atoms with E-state index in [4.69, 9.17) is 11.6 Å². The molecule has 1 aromatic carbocycles. The van der Waals surface area contributed by atoms with Gasteiger partial charge in [0.15, 0.2) is 0 Å². The first kappa shape index (κ1) is 17.9. The van der Waals surface area contributed by atoms with Gasteiger partial charge in [0.1, 0.15) is 0 Å². The van der Waals surface area contributed by atoms with Crippen LogP contribution in [-0.4, -0.2) is 33.7 Å². The van der Waals surface area contributed by atoms with Gasteiger partial charge in [-0.2, -0.15) is 0 Å². The number of anilines is 1. The van der Waals surface area contributed by atoms with Crippen molar-refractivity contribution in [3.05, 3.63) is 33.3 Å². The Labute approximate surface area is 133 Å². The number of halogens is 1. The summed E-state index contributed by atoms with van der Waals surface area (Å²) in [6.45, 7) is 7.54. The molecule has 8 heteroatoms. The normalized spacial score (nSPS) is 11.0. The van der Waals surface area contributed by atoms with Gasteiger partial charge in [-0.1, -0.05) is 11.6 Å². The summed E-state index contributed by atoms with van der Waals surface area (Å²) in [5, 5.41) is 13.2. The lowest BCUT2D eigenvalue weighted by atomic mass is 10.1. The van der Waals surface area contributed by atoms with E-state index in [9.17, 15) is 19.7 Å². The number of amides is 2. The lowest BCUT2D eigenvalue weighted by molar-refractivity contribution is -0.384. The van der Waals surface area contributed by atoms with Crippen molar-refractivity contribution in [3.8, 4) is 0 Å². The van der Waals surface area contributed by atoms with E-state index >= 15 is 0 Å². The molecule has 0 aliphatic rings. The van der Waals surface area contributed by atoms with Crippen LogP contribution in [0.2, 0.25) is 5.02 Å². The number of carbonyl (C=O) groups excluding carboxylic acids is 2. The first-order chi connectivity index (χ1) is 10.1. The molecule has 0 spiro atoms. The van der Waals surface area contributed by atoms with E-state index in [-0.39, 0.29) is 16.4 Å². The molecule has 0 atom stereocenters. The van der Waals surface area contributed by atoms with Crippen molar-refractivity contribution >= 4 is 34.8 Å². The van der Waals surface area contributed by atoms with E-state index in [1.807, 2.05) is 20.8 Å². The second-order valence-corrected chi connectivity index (χ2v) is 6.00. The average Bonchev–Trinajstić information content (AvgIpc) is 2.39. The van der Waals surface area contributed by atoms with Crippen molar-refractivity contribution in [2.45, 2.75) is 33.2 Å². The zero-order chi connectivity index (χ0) is 17.1. The number of hydrogen-bond donors (Lipinski definition) is 1. The highest BCUT2D eigenvalue weighted by atomic mass is 35.5. The third-order valence-electron chi connectivity index (χ3n) is 2.97. The highest BCUT2D eigenvalue weighted by Gasteiger charge is 2.30. The average molecular weight is 328 g/mol. The second kappa shape index (κ2) is 6.74. The molecule has 0 bridgehead atoms. The smallest absolute Gasteiger partial charge is 0.313 e. The van der Waals surface area contributed by atoms with Gasteiger partial charge in [0.25, 0.3) is 5.69 Å². The predicted octanol–water partition coefficient (Wildman–Crippen LogP) is 2.83. The van der Waals surface area contributed by atoms with Crippen LogP contribution < -0.4 is 5.32 Å². The van der Waals surface area contributed by atoms with Crippen molar-refractivity contribution < 1.29 is 14.5 Å². The Balaban J connectivity index is 3.00. The van der Waals surface area contributed by atoms with Crippen LogP contribution in [0.3, 0.4) is 0 Å². The van der Waals surface area contributed by atoms with E-state index in [0.29, 0.717) is 6.54 Å². The van der Waals surface area contributed by atoms with Crippen LogP contribution in [0.4, 0.5) is 11.4 Å². The summed E-state index contributed by atoms with van der Waals surface area (Å²) >= 11 is 5.89. The molecular formula is C14H18ClN3O4. The molecule has 120 valence electrons. The highest BCUT2D eigenvalue weighted by molar-refractivity contribution is 6.41. The molecule has 0 unspecified atom stereocenters. The molecule has 0 saturated carbocycles. The SMILES string of the molecule is CCN(C(=O)C(=O)Nc1cc([N+](=O)[O-])ccc1Cl)C(C)(C)C. The molecule has 0 aromatic heterocycles. The van der Waals surface area contributed by atoms with Gasteiger partial charge < -0.3 is 10.2 Å². The fraction of sp³-hybridized carbons (Fsp3) is 0.429. The summed E-state index contributed by atoms with van der Waals surface area (Å²) in [5.74, 6) is -1.61. The van der Waals surface area contributed by atoms with Gasteiger partial charge in [-0.25, -0.2) is 0 Å². The van der Waals surface area contributed by atoms with Gasteiger partial charge >= 0.3 is 11.8 Å². The molecule has 2 amide bonds. The Morgan fingerprint density at radius 3 is 2.41 bits per heavy atom. The largest absolute Gasteiger partial charge is 0.330 e. The minimum Gasteiger partial charge on any atom is -0.330 e. The summed E-state index contributed by atoms with van der Waals surface area (Å²) in [5.41, 5.74) is -0.718. The van der Waals surface area contributed by atoms with Crippen LogP contribution in [0.15, 0.2) is 18.2 Å². The van der Waals surface area contributed by atoms with Crippen LogP contribution in [0.1, 0.15) is 27.7 Å². The molecule has 0 aliphatic carbocycles.